The highest BCUT2D eigenvalue weighted by Crippen LogP contribution is 2.39. The second kappa shape index (κ2) is 7.86. The van der Waals surface area contributed by atoms with Crippen molar-refractivity contribution >= 4 is 41.6 Å². The number of aromatic nitrogens is 1. The summed E-state index contributed by atoms with van der Waals surface area (Å²) in [5, 5.41) is 2.28. The van der Waals surface area contributed by atoms with E-state index in [0.717, 1.165) is 31.8 Å². The molecule has 3 aromatic carbocycles. The summed E-state index contributed by atoms with van der Waals surface area (Å²) in [4.78, 5) is 4.70. The van der Waals surface area contributed by atoms with E-state index < -0.39 is 21.4 Å². The lowest BCUT2D eigenvalue weighted by molar-refractivity contribution is -0.0500. The van der Waals surface area contributed by atoms with Crippen LogP contribution in [-0.4, -0.2) is 18.9 Å². The standard InChI is InChI=1S/C24H14F3NO3S2/c25-24(26,27)33(29,30)31-16-7-3-6-15(14-16)20-11-5-12-21(28-20)19-10-4-9-18-17-8-1-2-13-22(17)32-23(18)19/h1-14H. The van der Waals surface area contributed by atoms with E-state index in [1.54, 1.807) is 29.5 Å². The molecule has 33 heavy (non-hydrogen) atoms. The summed E-state index contributed by atoms with van der Waals surface area (Å²) in [5.74, 6) is -0.441. The van der Waals surface area contributed by atoms with E-state index in [0.29, 0.717) is 17.0 Å². The minimum atomic E-state index is -5.76. The molecule has 0 fully saturated rings. The molecule has 0 aliphatic rings. The lowest BCUT2D eigenvalue weighted by Gasteiger charge is -2.11. The first kappa shape index (κ1) is 21.4. The van der Waals surface area contributed by atoms with E-state index in [-0.39, 0.29) is 0 Å². The van der Waals surface area contributed by atoms with Gasteiger partial charge in [-0.15, -0.1) is 11.3 Å². The van der Waals surface area contributed by atoms with Crippen LogP contribution in [0.5, 0.6) is 5.75 Å². The normalized spacial score (nSPS) is 12.3. The maximum absolute atomic E-state index is 12.7. The third-order valence-corrected chi connectivity index (χ3v) is 7.25. The van der Waals surface area contributed by atoms with E-state index in [2.05, 4.69) is 22.4 Å². The predicted octanol–water partition coefficient (Wildman–Crippen LogP) is 7.01. The van der Waals surface area contributed by atoms with E-state index in [9.17, 15) is 21.6 Å². The Morgan fingerprint density at radius 2 is 1.48 bits per heavy atom. The van der Waals surface area contributed by atoms with Gasteiger partial charge in [-0.1, -0.05) is 54.6 Å². The molecule has 2 heterocycles. The van der Waals surface area contributed by atoms with E-state index >= 15 is 0 Å². The highest BCUT2D eigenvalue weighted by molar-refractivity contribution is 7.88. The van der Waals surface area contributed by atoms with Crippen LogP contribution in [0.25, 0.3) is 42.7 Å². The average Bonchev–Trinajstić information content (AvgIpc) is 3.17. The second-order valence-corrected chi connectivity index (χ2v) is 9.79. The van der Waals surface area contributed by atoms with Gasteiger partial charge >= 0.3 is 15.6 Å². The number of hydrogen-bond donors (Lipinski definition) is 0. The summed E-state index contributed by atoms with van der Waals surface area (Å²) < 4.78 is 67.2. The van der Waals surface area contributed by atoms with Crippen LogP contribution in [0.1, 0.15) is 0 Å². The molecule has 0 saturated heterocycles. The van der Waals surface area contributed by atoms with Gasteiger partial charge in [0.1, 0.15) is 5.75 Å². The van der Waals surface area contributed by atoms with Gasteiger partial charge in [-0.25, -0.2) is 4.98 Å². The van der Waals surface area contributed by atoms with Crippen LogP contribution in [0.2, 0.25) is 0 Å². The fourth-order valence-electron chi connectivity index (χ4n) is 3.58. The molecule has 166 valence electrons. The van der Waals surface area contributed by atoms with Gasteiger partial charge < -0.3 is 4.18 Å². The van der Waals surface area contributed by atoms with Crippen LogP contribution in [0.4, 0.5) is 13.2 Å². The van der Waals surface area contributed by atoms with Crippen LogP contribution < -0.4 is 4.18 Å². The second-order valence-electron chi connectivity index (χ2n) is 7.20. The third kappa shape index (κ3) is 3.94. The van der Waals surface area contributed by atoms with Gasteiger partial charge in [0.05, 0.1) is 11.4 Å². The first-order valence-corrected chi connectivity index (χ1v) is 11.9. The fraction of sp³-hybridized carbons (Fsp3) is 0.0417. The van der Waals surface area contributed by atoms with Gasteiger partial charge in [-0.3, -0.25) is 0 Å². The molecule has 0 aliphatic carbocycles. The zero-order chi connectivity index (χ0) is 23.2. The Morgan fingerprint density at radius 3 is 2.30 bits per heavy atom. The lowest BCUT2D eigenvalue weighted by atomic mass is 10.1. The quantitative estimate of drug-likeness (QED) is 0.203. The summed E-state index contributed by atoms with van der Waals surface area (Å²) in [6.45, 7) is 0. The van der Waals surface area contributed by atoms with Crippen LogP contribution in [0.15, 0.2) is 84.9 Å². The molecule has 0 spiro atoms. The molecule has 2 aromatic heterocycles. The minimum absolute atomic E-state index is 0.426. The van der Waals surface area contributed by atoms with Gasteiger partial charge in [0.15, 0.2) is 0 Å². The number of hydrogen-bond acceptors (Lipinski definition) is 5. The Hall–Kier alpha value is -3.43. The van der Waals surface area contributed by atoms with Crippen molar-refractivity contribution in [3.8, 4) is 28.3 Å². The Labute approximate surface area is 191 Å². The maximum Gasteiger partial charge on any atom is 0.534 e. The first-order chi connectivity index (χ1) is 15.7. The molecule has 0 bridgehead atoms. The molecular formula is C24H14F3NO3S2. The van der Waals surface area contributed by atoms with E-state index in [4.69, 9.17) is 4.98 Å². The Balaban J connectivity index is 1.56. The van der Waals surface area contributed by atoms with Crippen molar-refractivity contribution in [3.63, 3.8) is 0 Å². The van der Waals surface area contributed by atoms with Crippen LogP contribution in [-0.2, 0) is 10.1 Å². The largest absolute Gasteiger partial charge is 0.534 e. The SMILES string of the molecule is O=S(=O)(Oc1cccc(-c2cccc(-c3cccc4c3sc3ccccc34)n2)c1)C(F)(F)F. The van der Waals surface area contributed by atoms with Crippen molar-refractivity contribution in [2.24, 2.45) is 0 Å². The third-order valence-electron chi connectivity index (χ3n) is 5.05. The van der Waals surface area contributed by atoms with Gasteiger partial charge in [0, 0.05) is 31.3 Å². The summed E-state index contributed by atoms with van der Waals surface area (Å²) >= 11 is 1.66. The summed E-state index contributed by atoms with van der Waals surface area (Å²) in [5.41, 5.74) is -2.98. The molecule has 4 nitrogen and oxygen atoms in total. The molecule has 0 unspecified atom stereocenters. The van der Waals surface area contributed by atoms with Crippen LogP contribution in [0.3, 0.4) is 0 Å². The fourth-order valence-corrected chi connectivity index (χ4v) is 5.25. The number of fused-ring (bicyclic) bond motifs is 3. The number of alkyl halides is 3. The molecule has 5 aromatic rings. The predicted molar refractivity (Wildman–Crippen MR) is 124 cm³/mol. The molecule has 0 aliphatic heterocycles. The summed E-state index contributed by atoms with van der Waals surface area (Å²) in [6, 6.07) is 24.9. The summed E-state index contributed by atoms with van der Waals surface area (Å²) in [7, 11) is -5.76. The van der Waals surface area contributed by atoms with Crippen molar-refractivity contribution in [1.29, 1.82) is 0 Å². The Kier molecular flexibility index (Phi) is 5.10. The number of rotatable bonds is 4. The number of benzene rings is 3. The van der Waals surface area contributed by atoms with Gasteiger partial charge in [0.25, 0.3) is 0 Å². The zero-order valence-corrected chi connectivity index (χ0v) is 18.3. The molecule has 0 radical (unpaired) electrons. The number of halogens is 3. The van der Waals surface area contributed by atoms with Crippen molar-refractivity contribution in [2.75, 3.05) is 0 Å². The molecule has 0 saturated carbocycles. The molecule has 0 atom stereocenters. The number of thiophene rings is 1. The first-order valence-electron chi connectivity index (χ1n) is 9.72. The van der Waals surface area contributed by atoms with Crippen LogP contribution in [0, 0.1) is 0 Å². The van der Waals surface area contributed by atoms with Crippen molar-refractivity contribution in [3.05, 3.63) is 84.9 Å². The van der Waals surface area contributed by atoms with Gasteiger partial charge in [-0.2, -0.15) is 21.6 Å². The Bertz CT molecular complexity index is 1610. The average molecular weight is 486 g/mol. The molecular weight excluding hydrogens is 471 g/mol. The molecule has 5 rings (SSSR count). The van der Waals surface area contributed by atoms with Crippen LogP contribution >= 0.6 is 11.3 Å². The van der Waals surface area contributed by atoms with E-state index in [1.807, 2.05) is 30.3 Å². The minimum Gasteiger partial charge on any atom is -0.376 e. The lowest BCUT2D eigenvalue weighted by Crippen LogP contribution is -2.28. The highest BCUT2D eigenvalue weighted by Gasteiger charge is 2.48. The topological polar surface area (TPSA) is 56.3 Å². The van der Waals surface area contributed by atoms with Crippen molar-refractivity contribution < 1.29 is 25.8 Å². The molecule has 0 N–H and O–H groups in total. The van der Waals surface area contributed by atoms with Crippen molar-refractivity contribution in [1.82, 2.24) is 4.98 Å². The molecule has 9 heteroatoms. The number of nitrogens with zero attached hydrogens (tertiary/aromatic N) is 1. The van der Waals surface area contributed by atoms with E-state index in [1.165, 1.54) is 12.1 Å². The smallest absolute Gasteiger partial charge is 0.376 e. The van der Waals surface area contributed by atoms with Gasteiger partial charge in [0.2, 0.25) is 0 Å². The summed E-state index contributed by atoms with van der Waals surface area (Å²) in [6.07, 6.45) is 0. The van der Waals surface area contributed by atoms with Gasteiger partial charge in [-0.05, 0) is 30.3 Å². The monoisotopic (exact) mass is 485 g/mol. The molecule has 0 amide bonds. The Morgan fingerprint density at radius 1 is 0.788 bits per heavy atom. The van der Waals surface area contributed by atoms with Crippen molar-refractivity contribution in [2.45, 2.75) is 5.51 Å². The number of pyridine rings is 1. The highest BCUT2D eigenvalue weighted by atomic mass is 32.2. The zero-order valence-electron chi connectivity index (χ0n) is 16.7. The maximum atomic E-state index is 12.7.